The van der Waals surface area contributed by atoms with Crippen LogP contribution in [-0.4, -0.2) is 19.6 Å². The monoisotopic (exact) mass is 162 g/mol. The minimum absolute atomic E-state index is 0.783. The van der Waals surface area contributed by atoms with E-state index in [1.54, 1.807) is 4.52 Å². The fourth-order valence-corrected chi connectivity index (χ4v) is 1.28. The Labute approximate surface area is 70.3 Å². The van der Waals surface area contributed by atoms with E-state index in [2.05, 4.69) is 15.1 Å². The molecule has 0 aliphatic heterocycles. The Morgan fingerprint density at radius 2 is 1.92 bits per heavy atom. The highest BCUT2D eigenvalue weighted by Crippen LogP contribution is 2.04. The van der Waals surface area contributed by atoms with Gasteiger partial charge in [-0.15, -0.1) is 5.10 Å². The van der Waals surface area contributed by atoms with Crippen LogP contribution in [0.1, 0.15) is 17.3 Å². The van der Waals surface area contributed by atoms with Crippen LogP contribution in [0, 0.1) is 20.8 Å². The Morgan fingerprint density at radius 3 is 2.67 bits per heavy atom. The fraction of sp³-hybridized carbons (Fsp3) is 0.375. The van der Waals surface area contributed by atoms with Gasteiger partial charge in [0.2, 0.25) is 0 Å². The van der Waals surface area contributed by atoms with E-state index in [9.17, 15) is 0 Å². The van der Waals surface area contributed by atoms with Crippen LogP contribution in [0.3, 0.4) is 0 Å². The van der Waals surface area contributed by atoms with Gasteiger partial charge in [0.1, 0.15) is 11.6 Å². The van der Waals surface area contributed by atoms with Crippen LogP contribution in [0.4, 0.5) is 0 Å². The molecule has 0 atom stereocenters. The molecule has 0 aromatic carbocycles. The van der Waals surface area contributed by atoms with E-state index in [1.807, 2.05) is 26.8 Å². The summed E-state index contributed by atoms with van der Waals surface area (Å²) in [5, 5.41) is 4.20. The van der Waals surface area contributed by atoms with Crippen LogP contribution < -0.4 is 0 Å². The van der Waals surface area contributed by atoms with E-state index in [-0.39, 0.29) is 0 Å². The van der Waals surface area contributed by atoms with Crippen molar-refractivity contribution in [1.29, 1.82) is 0 Å². The van der Waals surface area contributed by atoms with Crippen LogP contribution >= 0.6 is 0 Å². The van der Waals surface area contributed by atoms with Crippen LogP contribution in [0.25, 0.3) is 5.65 Å². The molecule has 2 rings (SSSR count). The van der Waals surface area contributed by atoms with Crippen LogP contribution in [0.5, 0.6) is 0 Å². The molecule has 2 aromatic rings. The maximum atomic E-state index is 4.28. The zero-order valence-corrected chi connectivity index (χ0v) is 7.37. The summed E-state index contributed by atoms with van der Waals surface area (Å²) in [7, 11) is 0. The second-order valence-corrected chi connectivity index (χ2v) is 2.87. The van der Waals surface area contributed by atoms with Gasteiger partial charge in [-0.05, 0) is 20.8 Å². The quantitative estimate of drug-likeness (QED) is 0.581. The van der Waals surface area contributed by atoms with E-state index in [0.29, 0.717) is 0 Å². The van der Waals surface area contributed by atoms with Gasteiger partial charge < -0.3 is 0 Å². The minimum Gasteiger partial charge on any atom is -0.238 e. The molecule has 4 heteroatoms. The Balaban J connectivity index is 2.88. The van der Waals surface area contributed by atoms with Crippen molar-refractivity contribution in [3.05, 3.63) is 23.4 Å². The zero-order chi connectivity index (χ0) is 8.72. The number of hydrogen-bond donors (Lipinski definition) is 0. The Hall–Kier alpha value is -1.45. The first-order chi connectivity index (χ1) is 5.66. The number of rotatable bonds is 0. The van der Waals surface area contributed by atoms with Crippen LogP contribution in [0.15, 0.2) is 6.07 Å². The van der Waals surface area contributed by atoms with Crippen molar-refractivity contribution in [1.82, 2.24) is 19.6 Å². The lowest BCUT2D eigenvalue weighted by atomic mass is 10.4. The third kappa shape index (κ3) is 0.958. The second-order valence-electron chi connectivity index (χ2n) is 2.87. The summed E-state index contributed by atoms with van der Waals surface area (Å²) in [6, 6.07) is 1.92. The standard InChI is InChI=1S/C8H10N4/c1-5-4-8-10-6(2)11-12(8)7(3)9-5/h4H,1-3H3. The number of aromatic nitrogens is 4. The number of nitrogens with zero attached hydrogens (tertiary/aromatic N) is 4. The minimum atomic E-state index is 0.783. The molecule has 2 heterocycles. The number of hydrogen-bond acceptors (Lipinski definition) is 3. The van der Waals surface area contributed by atoms with E-state index in [4.69, 9.17) is 0 Å². The highest BCUT2D eigenvalue weighted by molar-refractivity contribution is 5.38. The Morgan fingerprint density at radius 1 is 1.17 bits per heavy atom. The third-order valence-corrected chi connectivity index (χ3v) is 1.72. The van der Waals surface area contributed by atoms with E-state index < -0.39 is 0 Å². The Kier molecular flexibility index (Phi) is 1.36. The van der Waals surface area contributed by atoms with Gasteiger partial charge in [0.15, 0.2) is 5.65 Å². The van der Waals surface area contributed by atoms with Crippen molar-refractivity contribution in [3.63, 3.8) is 0 Å². The molecule has 12 heavy (non-hydrogen) atoms. The molecule has 0 unspecified atom stereocenters. The topological polar surface area (TPSA) is 43.1 Å². The first-order valence-electron chi connectivity index (χ1n) is 3.84. The van der Waals surface area contributed by atoms with Gasteiger partial charge in [0.25, 0.3) is 0 Å². The van der Waals surface area contributed by atoms with Crippen molar-refractivity contribution >= 4 is 5.65 Å². The number of fused-ring (bicyclic) bond motifs is 1. The summed E-state index contributed by atoms with van der Waals surface area (Å²) >= 11 is 0. The first-order valence-corrected chi connectivity index (χ1v) is 3.84. The molecule has 62 valence electrons. The van der Waals surface area contributed by atoms with Gasteiger partial charge in [-0.3, -0.25) is 0 Å². The second kappa shape index (κ2) is 2.27. The molecule has 4 nitrogen and oxygen atoms in total. The maximum Gasteiger partial charge on any atom is 0.159 e. The largest absolute Gasteiger partial charge is 0.238 e. The molecule has 0 spiro atoms. The van der Waals surface area contributed by atoms with Crippen molar-refractivity contribution in [2.45, 2.75) is 20.8 Å². The molecule has 2 aromatic heterocycles. The van der Waals surface area contributed by atoms with Gasteiger partial charge in [-0.2, -0.15) is 4.52 Å². The van der Waals surface area contributed by atoms with Gasteiger partial charge in [0.05, 0.1) is 0 Å². The normalized spacial score (nSPS) is 10.9. The first kappa shape index (κ1) is 7.21. The van der Waals surface area contributed by atoms with Gasteiger partial charge in [-0.1, -0.05) is 0 Å². The number of aryl methyl sites for hydroxylation is 3. The summed E-state index contributed by atoms with van der Waals surface area (Å²) in [6.45, 7) is 5.76. The lowest BCUT2D eigenvalue weighted by Gasteiger charge is -1.97. The van der Waals surface area contributed by atoms with E-state index in [1.165, 1.54) is 0 Å². The molecular formula is C8H10N4. The average Bonchev–Trinajstić information content (AvgIpc) is 2.29. The van der Waals surface area contributed by atoms with Gasteiger partial charge >= 0.3 is 0 Å². The van der Waals surface area contributed by atoms with Gasteiger partial charge in [-0.25, -0.2) is 9.97 Å². The highest BCUT2D eigenvalue weighted by Gasteiger charge is 2.02. The highest BCUT2D eigenvalue weighted by atomic mass is 15.3. The summed E-state index contributed by atoms with van der Waals surface area (Å²) in [5.41, 5.74) is 1.85. The molecule has 0 saturated carbocycles. The predicted molar refractivity (Wildman–Crippen MR) is 45.0 cm³/mol. The van der Waals surface area contributed by atoms with Crippen LogP contribution in [-0.2, 0) is 0 Å². The molecule has 0 amide bonds. The molecule has 0 aliphatic rings. The molecular weight excluding hydrogens is 152 g/mol. The molecule has 0 fully saturated rings. The summed E-state index contributed by atoms with van der Waals surface area (Å²) in [4.78, 5) is 8.52. The molecule has 0 bridgehead atoms. The molecule has 0 N–H and O–H groups in total. The van der Waals surface area contributed by atoms with Gasteiger partial charge in [0, 0.05) is 11.8 Å². The van der Waals surface area contributed by atoms with Crippen LogP contribution in [0.2, 0.25) is 0 Å². The summed E-state index contributed by atoms with van der Waals surface area (Å²) in [6.07, 6.45) is 0. The smallest absolute Gasteiger partial charge is 0.159 e. The lowest BCUT2D eigenvalue weighted by molar-refractivity contribution is 0.839. The third-order valence-electron chi connectivity index (χ3n) is 1.72. The molecule has 0 saturated heterocycles. The fourth-order valence-electron chi connectivity index (χ4n) is 1.28. The summed E-state index contributed by atoms with van der Waals surface area (Å²) in [5.74, 6) is 1.66. The SMILES string of the molecule is Cc1cc2nc(C)nn2c(C)n1. The van der Waals surface area contributed by atoms with E-state index in [0.717, 1.165) is 23.0 Å². The van der Waals surface area contributed by atoms with Crippen molar-refractivity contribution < 1.29 is 0 Å². The average molecular weight is 162 g/mol. The van der Waals surface area contributed by atoms with Crippen molar-refractivity contribution in [2.24, 2.45) is 0 Å². The Bertz CT molecular complexity index is 430. The lowest BCUT2D eigenvalue weighted by Crippen LogP contribution is -1.98. The van der Waals surface area contributed by atoms with Crippen molar-refractivity contribution in [3.8, 4) is 0 Å². The molecule has 0 aliphatic carbocycles. The van der Waals surface area contributed by atoms with E-state index >= 15 is 0 Å². The zero-order valence-electron chi connectivity index (χ0n) is 7.37. The predicted octanol–water partition coefficient (Wildman–Crippen LogP) is 1.05. The van der Waals surface area contributed by atoms with Crippen molar-refractivity contribution in [2.75, 3.05) is 0 Å². The maximum absolute atomic E-state index is 4.28. The molecule has 0 radical (unpaired) electrons. The summed E-state index contributed by atoms with van der Waals surface area (Å²) < 4.78 is 1.75.